The number of hydrogen-bond donors (Lipinski definition) is 2. The Bertz CT molecular complexity index is 801. The first-order valence-corrected chi connectivity index (χ1v) is 10.5. The van der Waals surface area contributed by atoms with Crippen molar-refractivity contribution in [3.63, 3.8) is 0 Å². The highest BCUT2D eigenvalue weighted by Crippen LogP contribution is 2.34. The standard InChI is InChI=1S/C20H27FN4O2S/c1-3-24(4-2)13-18-23-17(14-28-18)20(27)8-10-25(11-9-20)19(26)22-16-7-5-6-15(21)12-16/h5-7,12,14,27H,3-4,8-11,13H2,1-2H3,(H,22,26). The van der Waals surface area contributed by atoms with Gasteiger partial charge in [-0.25, -0.2) is 14.2 Å². The van der Waals surface area contributed by atoms with Crippen LogP contribution < -0.4 is 5.32 Å². The van der Waals surface area contributed by atoms with Crippen molar-refractivity contribution in [2.45, 2.75) is 38.8 Å². The SMILES string of the molecule is CCN(CC)Cc1nc(C2(O)CCN(C(=O)Nc3cccc(F)c3)CC2)cs1. The molecule has 2 N–H and O–H groups in total. The van der Waals surface area contributed by atoms with Gasteiger partial charge >= 0.3 is 6.03 Å². The predicted octanol–water partition coefficient (Wildman–Crippen LogP) is 3.64. The fraction of sp³-hybridized carbons (Fsp3) is 0.500. The summed E-state index contributed by atoms with van der Waals surface area (Å²) < 4.78 is 13.3. The largest absolute Gasteiger partial charge is 0.383 e. The Labute approximate surface area is 169 Å². The van der Waals surface area contributed by atoms with Gasteiger partial charge in [-0.2, -0.15) is 0 Å². The van der Waals surface area contributed by atoms with E-state index >= 15 is 0 Å². The van der Waals surface area contributed by atoms with Crippen molar-refractivity contribution in [2.75, 3.05) is 31.5 Å². The Kier molecular flexibility index (Phi) is 6.64. The number of halogens is 1. The van der Waals surface area contributed by atoms with E-state index in [4.69, 9.17) is 0 Å². The van der Waals surface area contributed by atoms with Crippen LogP contribution in [0.4, 0.5) is 14.9 Å². The molecule has 1 aromatic heterocycles. The molecular weight excluding hydrogens is 379 g/mol. The molecule has 6 nitrogen and oxygen atoms in total. The summed E-state index contributed by atoms with van der Waals surface area (Å²) in [6.45, 7) is 7.79. The van der Waals surface area contributed by atoms with E-state index in [9.17, 15) is 14.3 Å². The van der Waals surface area contributed by atoms with E-state index in [1.54, 1.807) is 28.4 Å². The van der Waals surface area contributed by atoms with Crippen LogP contribution in [0, 0.1) is 5.82 Å². The third-order valence-electron chi connectivity index (χ3n) is 5.24. The lowest BCUT2D eigenvalue weighted by Gasteiger charge is -2.37. The van der Waals surface area contributed by atoms with E-state index in [0.29, 0.717) is 37.3 Å². The lowest BCUT2D eigenvalue weighted by atomic mass is 9.89. The molecule has 3 rings (SSSR count). The second kappa shape index (κ2) is 8.98. The smallest absolute Gasteiger partial charge is 0.321 e. The molecule has 0 spiro atoms. The van der Waals surface area contributed by atoms with Gasteiger partial charge in [0, 0.05) is 24.2 Å². The quantitative estimate of drug-likeness (QED) is 0.769. The Morgan fingerprint density at radius 1 is 1.36 bits per heavy atom. The third kappa shape index (κ3) is 4.87. The minimum Gasteiger partial charge on any atom is -0.383 e. The molecule has 1 fully saturated rings. The number of nitrogens with zero attached hydrogens (tertiary/aromatic N) is 3. The first-order chi connectivity index (χ1) is 13.4. The molecule has 0 bridgehead atoms. The maximum atomic E-state index is 13.3. The maximum Gasteiger partial charge on any atom is 0.321 e. The molecule has 0 unspecified atom stereocenters. The molecule has 28 heavy (non-hydrogen) atoms. The summed E-state index contributed by atoms with van der Waals surface area (Å²) in [5, 5.41) is 16.7. The van der Waals surface area contributed by atoms with Gasteiger partial charge in [-0.3, -0.25) is 4.90 Å². The summed E-state index contributed by atoms with van der Waals surface area (Å²) in [7, 11) is 0. The van der Waals surface area contributed by atoms with Crippen LogP contribution in [-0.2, 0) is 12.1 Å². The van der Waals surface area contributed by atoms with Crippen LogP contribution >= 0.6 is 11.3 Å². The molecule has 2 heterocycles. The number of nitrogens with one attached hydrogen (secondary N) is 1. The van der Waals surface area contributed by atoms with Gasteiger partial charge in [0.2, 0.25) is 0 Å². The van der Waals surface area contributed by atoms with Gasteiger partial charge in [0.25, 0.3) is 0 Å². The Morgan fingerprint density at radius 3 is 2.71 bits per heavy atom. The van der Waals surface area contributed by atoms with Crippen LogP contribution in [0.2, 0.25) is 0 Å². The summed E-state index contributed by atoms with van der Waals surface area (Å²) in [5.41, 5.74) is 0.115. The van der Waals surface area contributed by atoms with Crippen molar-refractivity contribution in [1.29, 1.82) is 0 Å². The topological polar surface area (TPSA) is 68.7 Å². The van der Waals surface area contributed by atoms with Gasteiger partial charge in [0.05, 0.1) is 12.2 Å². The number of aromatic nitrogens is 1. The Balaban J connectivity index is 1.58. The third-order valence-corrected chi connectivity index (χ3v) is 6.07. The van der Waals surface area contributed by atoms with Crippen molar-refractivity contribution in [3.05, 3.63) is 46.2 Å². The maximum absolute atomic E-state index is 13.3. The fourth-order valence-electron chi connectivity index (χ4n) is 3.34. The molecule has 152 valence electrons. The highest BCUT2D eigenvalue weighted by Gasteiger charge is 2.37. The number of piperidine rings is 1. The second-order valence-corrected chi connectivity index (χ2v) is 7.99. The number of aliphatic hydroxyl groups is 1. The first-order valence-electron chi connectivity index (χ1n) is 9.64. The van der Waals surface area contributed by atoms with E-state index in [2.05, 4.69) is 29.0 Å². The van der Waals surface area contributed by atoms with E-state index in [0.717, 1.165) is 24.6 Å². The van der Waals surface area contributed by atoms with Crippen molar-refractivity contribution in [1.82, 2.24) is 14.8 Å². The average molecular weight is 407 g/mol. The molecule has 2 amide bonds. The van der Waals surface area contributed by atoms with E-state index in [-0.39, 0.29) is 6.03 Å². The Morgan fingerprint density at radius 2 is 2.07 bits per heavy atom. The summed E-state index contributed by atoms with van der Waals surface area (Å²) in [6.07, 6.45) is 0.857. The molecule has 0 saturated carbocycles. The number of thiazole rings is 1. The number of anilines is 1. The highest BCUT2D eigenvalue weighted by molar-refractivity contribution is 7.09. The van der Waals surface area contributed by atoms with Crippen LogP contribution in [0.5, 0.6) is 0 Å². The van der Waals surface area contributed by atoms with Gasteiger partial charge in [0.1, 0.15) is 16.4 Å². The molecule has 1 aliphatic heterocycles. The van der Waals surface area contributed by atoms with Crippen LogP contribution in [0.1, 0.15) is 37.4 Å². The van der Waals surface area contributed by atoms with Crippen molar-refractivity contribution in [2.24, 2.45) is 0 Å². The second-order valence-electron chi connectivity index (χ2n) is 7.05. The van der Waals surface area contributed by atoms with Crippen LogP contribution in [0.15, 0.2) is 29.6 Å². The van der Waals surface area contributed by atoms with Crippen molar-refractivity contribution in [3.8, 4) is 0 Å². The summed E-state index contributed by atoms with van der Waals surface area (Å²) in [5.74, 6) is -0.394. The molecule has 1 saturated heterocycles. The van der Waals surface area contributed by atoms with Crippen LogP contribution in [0.3, 0.4) is 0 Å². The van der Waals surface area contributed by atoms with Crippen molar-refractivity contribution < 1.29 is 14.3 Å². The van der Waals surface area contributed by atoms with Gasteiger partial charge in [0.15, 0.2) is 0 Å². The molecular formula is C20H27FN4O2S. The first kappa shape index (κ1) is 20.7. The predicted molar refractivity (Wildman–Crippen MR) is 109 cm³/mol. The molecule has 2 aromatic rings. The zero-order valence-electron chi connectivity index (χ0n) is 16.3. The molecule has 0 aliphatic carbocycles. The summed E-state index contributed by atoms with van der Waals surface area (Å²) in [4.78, 5) is 21.0. The number of hydrogen-bond acceptors (Lipinski definition) is 5. The zero-order chi connectivity index (χ0) is 20.1. The van der Waals surface area contributed by atoms with E-state index in [1.165, 1.54) is 12.1 Å². The summed E-state index contributed by atoms with van der Waals surface area (Å²) >= 11 is 1.57. The number of carbonyl (C=O) groups excluding carboxylic acids is 1. The number of rotatable bonds is 6. The average Bonchev–Trinajstić information content (AvgIpc) is 3.16. The van der Waals surface area contributed by atoms with Crippen molar-refractivity contribution >= 4 is 23.1 Å². The fourth-order valence-corrected chi connectivity index (χ4v) is 4.27. The molecule has 1 aromatic carbocycles. The molecule has 8 heteroatoms. The normalized spacial score (nSPS) is 16.4. The van der Waals surface area contributed by atoms with Crippen LogP contribution in [-0.4, -0.2) is 52.1 Å². The van der Waals surface area contributed by atoms with Gasteiger partial charge < -0.3 is 15.3 Å². The van der Waals surface area contributed by atoms with E-state index < -0.39 is 11.4 Å². The van der Waals surface area contributed by atoms with Gasteiger partial charge in [-0.15, -0.1) is 11.3 Å². The molecule has 0 radical (unpaired) electrons. The number of benzene rings is 1. The zero-order valence-corrected chi connectivity index (χ0v) is 17.1. The minimum absolute atomic E-state index is 0.284. The van der Waals surface area contributed by atoms with Gasteiger partial charge in [-0.1, -0.05) is 19.9 Å². The number of urea groups is 1. The molecule has 1 aliphatic rings. The number of amides is 2. The lowest BCUT2D eigenvalue weighted by Crippen LogP contribution is -2.46. The molecule has 0 atom stereocenters. The summed E-state index contributed by atoms with van der Waals surface area (Å²) in [6, 6.07) is 5.53. The highest BCUT2D eigenvalue weighted by atomic mass is 32.1. The monoisotopic (exact) mass is 406 g/mol. The van der Waals surface area contributed by atoms with Gasteiger partial charge in [-0.05, 0) is 44.1 Å². The Hall–Kier alpha value is -2.03. The van der Waals surface area contributed by atoms with Crippen LogP contribution in [0.25, 0.3) is 0 Å². The minimum atomic E-state index is -1.01. The lowest BCUT2D eigenvalue weighted by molar-refractivity contribution is -0.0189. The number of likely N-dealkylation sites (tertiary alicyclic amines) is 1. The number of carbonyl (C=O) groups is 1. The van der Waals surface area contributed by atoms with E-state index in [1.807, 2.05) is 5.38 Å².